The monoisotopic (exact) mass is 237 g/mol. The Morgan fingerprint density at radius 1 is 1.35 bits per heavy atom. The first kappa shape index (κ1) is 12.4. The predicted octanol–water partition coefficient (Wildman–Crippen LogP) is 1.45. The van der Waals surface area contributed by atoms with E-state index in [9.17, 15) is 4.79 Å². The Bertz CT molecular complexity index is 407. The quantitative estimate of drug-likeness (QED) is 0.842. The van der Waals surface area contributed by atoms with Crippen LogP contribution < -0.4 is 11.0 Å². The summed E-state index contributed by atoms with van der Waals surface area (Å²) in [5, 5.41) is 3.39. The van der Waals surface area contributed by atoms with Gasteiger partial charge in [0.25, 0.3) is 0 Å². The Labute approximate surface area is 103 Å². The van der Waals surface area contributed by atoms with E-state index in [1.165, 1.54) is 19.3 Å². The van der Waals surface area contributed by atoms with Crippen LogP contribution >= 0.6 is 0 Å². The van der Waals surface area contributed by atoms with E-state index in [0.29, 0.717) is 6.04 Å². The number of imidazole rings is 1. The Kier molecular flexibility index (Phi) is 4.05. The molecule has 0 bridgehead atoms. The summed E-state index contributed by atoms with van der Waals surface area (Å²) < 4.78 is 3.60. The highest BCUT2D eigenvalue weighted by atomic mass is 16.1. The van der Waals surface area contributed by atoms with E-state index in [1.807, 2.05) is 30.9 Å². The van der Waals surface area contributed by atoms with Gasteiger partial charge < -0.3 is 5.32 Å². The maximum atomic E-state index is 11.9. The lowest BCUT2D eigenvalue weighted by molar-refractivity contribution is 0.375. The van der Waals surface area contributed by atoms with Crippen molar-refractivity contribution in [1.82, 2.24) is 14.5 Å². The molecule has 1 aromatic heterocycles. The van der Waals surface area contributed by atoms with Crippen LogP contribution in [-0.4, -0.2) is 22.2 Å². The number of hydrogen-bond donors (Lipinski definition) is 1. The van der Waals surface area contributed by atoms with Gasteiger partial charge in [0.1, 0.15) is 0 Å². The van der Waals surface area contributed by atoms with E-state index >= 15 is 0 Å². The highest BCUT2D eigenvalue weighted by Crippen LogP contribution is 2.28. The summed E-state index contributed by atoms with van der Waals surface area (Å²) in [6.07, 6.45) is 8.81. The lowest BCUT2D eigenvalue weighted by atomic mass is 10.00. The molecule has 1 fully saturated rings. The summed E-state index contributed by atoms with van der Waals surface area (Å²) in [6.45, 7) is 3.61. The van der Waals surface area contributed by atoms with Crippen molar-refractivity contribution in [3.63, 3.8) is 0 Å². The number of nitrogens with zero attached hydrogens (tertiary/aromatic N) is 2. The van der Waals surface area contributed by atoms with E-state index in [1.54, 1.807) is 4.57 Å². The first-order chi connectivity index (χ1) is 8.26. The molecule has 0 spiro atoms. The summed E-state index contributed by atoms with van der Waals surface area (Å²) in [5.74, 6) is 0.733. The van der Waals surface area contributed by atoms with Gasteiger partial charge in [-0.15, -0.1) is 0 Å². The Morgan fingerprint density at radius 2 is 2.12 bits per heavy atom. The van der Waals surface area contributed by atoms with E-state index < -0.39 is 0 Å². The normalized spacial score (nSPS) is 24.4. The van der Waals surface area contributed by atoms with Gasteiger partial charge in [-0.3, -0.25) is 9.13 Å². The molecule has 0 amide bonds. The predicted molar refractivity (Wildman–Crippen MR) is 69.2 cm³/mol. The average Bonchev–Trinajstić information content (AvgIpc) is 2.93. The minimum atomic E-state index is 0.131. The fourth-order valence-corrected chi connectivity index (χ4v) is 2.93. The van der Waals surface area contributed by atoms with E-state index in [4.69, 9.17) is 0 Å². The second-order valence-corrected chi connectivity index (χ2v) is 4.93. The maximum Gasteiger partial charge on any atom is 0.328 e. The summed E-state index contributed by atoms with van der Waals surface area (Å²) in [4.78, 5) is 11.9. The van der Waals surface area contributed by atoms with Crippen LogP contribution in [0, 0.1) is 5.92 Å². The first-order valence-corrected chi connectivity index (χ1v) is 6.69. The molecule has 0 radical (unpaired) electrons. The van der Waals surface area contributed by atoms with Gasteiger partial charge >= 0.3 is 5.69 Å². The summed E-state index contributed by atoms with van der Waals surface area (Å²) in [6, 6.07) is 0.652. The van der Waals surface area contributed by atoms with Crippen LogP contribution in [0.2, 0.25) is 0 Å². The Balaban J connectivity index is 1.93. The molecule has 0 saturated heterocycles. The standard InChI is InChI=1S/C13H23N3O/c1-3-15-9-10-16(13(15)17)8-7-11-5-4-6-12(11)14-2/h9-12,14H,3-8H2,1-2H3. The van der Waals surface area contributed by atoms with Gasteiger partial charge in [-0.05, 0) is 39.2 Å². The first-order valence-electron chi connectivity index (χ1n) is 6.69. The van der Waals surface area contributed by atoms with E-state index in [-0.39, 0.29) is 5.69 Å². The molecule has 2 rings (SSSR count). The van der Waals surface area contributed by atoms with Crippen LogP contribution in [0.5, 0.6) is 0 Å². The molecule has 1 aliphatic carbocycles. The molecule has 4 nitrogen and oxygen atoms in total. The van der Waals surface area contributed by atoms with Crippen molar-refractivity contribution in [3.05, 3.63) is 22.9 Å². The summed E-state index contributed by atoms with van der Waals surface area (Å²) in [5.41, 5.74) is 0.131. The van der Waals surface area contributed by atoms with Gasteiger partial charge in [0.05, 0.1) is 0 Å². The molecule has 96 valence electrons. The zero-order valence-corrected chi connectivity index (χ0v) is 10.9. The zero-order chi connectivity index (χ0) is 12.3. The van der Waals surface area contributed by atoms with Gasteiger partial charge in [0.2, 0.25) is 0 Å². The van der Waals surface area contributed by atoms with Crippen molar-refractivity contribution < 1.29 is 0 Å². The van der Waals surface area contributed by atoms with Crippen molar-refractivity contribution in [2.24, 2.45) is 5.92 Å². The maximum absolute atomic E-state index is 11.9. The molecule has 2 unspecified atom stereocenters. The van der Waals surface area contributed by atoms with E-state index in [0.717, 1.165) is 25.4 Å². The van der Waals surface area contributed by atoms with Crippen LogP contribution in [0.25, 0.3) is 0 Å². The van der Waals surface area contributed by atoms with E-state index in [2.05, 4.69) is 5.32 Å². The molecular weight excluding hydrogens is 214 g/mol. The van der Waals surface area contributed by atoms with Gasteiger partial charge in [0.15, 0.2) is 0 Å². The molecule has 1 heterocycles. The van der Waals surface area contributed by atoms with Crippen molar-refractivity contribution >= 4 is 0 Å². The number of aromatic nitrogens is 2. The second kappa shape index (κ2) is 5.54. The third-order valence-corrected chi connectivity index (χ3v) is 4.03. The fourth-order valence-electron chi connectivity index (χ4n) is 2.93. The largest absolute Gasteiger partial charge is 0.328 e. The van der Waals surface area contributed by atoms with Gasteiger partial charge in [-0.2, -0.15) is 0 Å². The molecule has 4 heteroatoms. The van der Waals surface area contributed by atoms with Crippen molar-refractivity contribution in [1.29, 1.82) is 0 Å². The van der Waals surface area contributed by atoms with Gasteiger partial charge in [0, 0.05) is 31.5 Å². The Morgan fingerprint density at radius 3 is 2.76 bits per heavy atom. The highest BCUT2D eigenvalue weighted by Gasteiger charge is 2.25. The lowest BCUT2D eigenvalue weighted by Crippen LogP contribution is -2.31. The van der Waals surface area contributed by atoms with Crippen LogP contribution in [0.4, 0.5) is 0 Å². The second-order valence-electron chi connectivity index (χ2n) is 4.93. The lowest BCUT2D eigenvalue weighted by Gasteiger charge is -2.18. The molecule has 0 aromatic carbocycles. The Hall–Kier alpha value is -1.03. The van der Waals surface area contributed by atoms with Gasteiger partial charge in [-0.1, -0.05) is 6.42 Å². The molecule has 1 aliphatic rings. The molecule has 2 atom stereocenters. The van der Waals surface area contributed by atoms with Crippen molar-refractivity contribution in [2.75, 3.05) is 7.05 Å². The van der Waals surface area contributed by atoms with Crippen LogP contribution in [0.1, 0.15) is 32.6 Å². The summed E-state index contributed by atoms with van der Waals surface area (Å²) in [7, 11) is 2.04. The highest BCUT2D eigenvalue weighted by molar-refractivity contribution is 4.85. The van der Waals surface area contributed by atoms with Gasteiger partial charge in [-0.25, -0.2) is 4.79 Å². The minimum Gasteiger partial charge on any atom is -0.317 e. The minimum absolute atomic E-state index is 0.131. The molecule has 1 saturated carbocycles. The number of hydrogen-bond acceptors (Lipinski definition) is 2. The van der Waals surface area contributed by atoms with Crippen LogP contribution in [0.3, 0.4) is 0 Å². The number of rotatable bonds is 5. The molecule has 0 aliphatic heterocycles. The molecular formula is C13H23N3O. The molecule has 1 aromatic rings. The van der Waals surface area contributed by atoms with Crippen molar-refractivity contribution in [3.8, 4) is 0 Å². The van der Waals surface area contributed by atoms with Crippen LogP contribution in [-0.2, 0) is 13.1 Å². The van der Waals surface area contributed by atoms with Crippen LogP contribution in [0.15, 0.2) is 17.2 Å². The SMILES string of the molecule is CCn1ccn(CCC2CCCC2NC)c1=O. The average molecular weight is 237 g/mol. The number of aryl methyl sites for hydroxylation is 2. The fraction of sp³-hybridized carbons (Fsp3) is 0.769. The summed E-state index contributed by atoms with van der Waals surface area (Å²) >= 11 is 0. The third kappa shape index (κ3) is 2.63. The topological polar surface area (TPSA) is 39.0 Å². The zero-order valence-electron chi connectivity index (χ0n) is 10.9. The smallest absolute Gasteiger partial charge is 0.317 e. The molecule has 1 N–H and O–H groups in total. The van der Waals surface area contributed by atoms with Crippen molar-refractivity contribution in [2.45, 2.75) is 51.7 Å². The molecule has 17 heavy (non-hydrogen) atoms. The number of nitrogens with one attached hydrogen (secondary N) is 1. The third-order valence-electron chi connectivity index (χ3n) is 4.03.